The van der Waals surface area contributed by atoms with Gasteiger partial charge in [-0.25, -0.2) is 4.98 Å². The molecule has 0 saturated carbocycles. The Kier molecular flexibility index (Phi) is 2.32. The van der Waals surface area contributed by atoms with Crippen LogP contribution in [0.3, 0.4) is 0 Å². The number of nitro benzene ring substituents is 1. The average Bonchev–Trinajstić information content (AvgIpc) is 2.30. The molecule has 2 aromatic rings. The first-order valence-electron chi connectivity index (χ1n) is 4.16. The van der Waals surface area contributed by atoms with Crippen molar-refractivity contribution in [2.45, 2.75) is 0 Å². The van der Waals surface area contributed by atoms with Gasteiger partial charge in [-0.15, -0.1) is 5.10 Å². The maximum atomic E-state index is 10.5. The van der Waals surface area contributed by atoms with Crippen molar-refractivity contribution in [1.29, 1.82) is 0 Å². The summed E-state index contributed by atoms with van der Waals surface area (Å²) in [6, 6.07) is 6.12. The van der Waals surface area contributed by atoms with Crippen molar-refractivity contribution in [2.75, 3.05) is 0 Å². The SMILES string of the molecule is O=[N+]([O-])c1cccc(-c2nccnn2)c1. The number of rotatable bonds is 2. The highest BCUT2D eigenvalue weighted by Gasteiger charge is 2.08. The predicted molar refractivity (Wildman–Crippen MR) is 51.9 cm³/mol. The molecule has 74 valence electrons. The highest BCUT2D eigenvalue weighted by molar-refractivity contribution is 5.58. The van der Waals surface area contributed by atoms with Crippen molar-refractivity contribution in [3.63, 3.8) is 0 Å². The van der Waals surface area contributed by atoms with Gasteiger partial charge in [0.05, 0.1) is 11.1 Å². The van der Waals surface area contributed by atoms with Gasteiger partial charge in [0.2, 0.25) is 0 Å². The largest absolute Gasteiger partial charge is 0.270 e. The fourth-order valence-electron chi connectivity index (χ4n) is 1.14. The minimum atomic E-state index is -0.458. The second-order valence-corrected chi connectivity index (χ2v) is 2.77. The zero-order valence-electron chi connectivity index (χ0n) is 7.57. The lowest BCUT2D eigenvalue weighted by Crippen LogP contribution is -1.92. The number of aromatic nitrogens is 3. The van der Waals surface area contributed by atoms with Gasteiger partial charge in [-0.3, -0.25) is 10.1 Å². The second-order valence-electron chi connectivity index (χ2n) is 2.77. The molecule has 0 fully saturated rings. The minimum Gasteiger partial charge on any atom is -0.258 e. The van der Waals surface area contributed by atoms with Gasteiger partial charge in [0.1, 0.15) is 0 Å². The summed E-state index contributed by atoms with van der Waals surface area (Å²) in [6.45, 7) is 0. The first kappa shape index (κ1) is 9.20. The van der Waals surface area contributed by atoms with Crippen LogP contribution in [0.4, 0.5) is 5.69 Å². The molecular formula is C9H6N4O2. The van der Waals surface area contributed by atoms with Gasteiger partial charge in [-0.1, -0.05) is 12.1 Å². The van der Waals surface area contributed by atoms with Crippen molar-refractivity contribution >= 4 is 5.69 Å². The van der Waals surface area contributed by atoms with E-state index in [2.05, 4.69) is 15.2 Å². The number of benzene rings is 1. The van der Waals surface area contributed by atoms with Crippen LogP contribution in [-0.2, 0) is 0 Å². The zero-order valence-corrected chi connectivity index (χ0v) is 7.57. The molecule has 0 aliphatic carbocycles. The quantitative estimate of drug-likeness (QED) is 0.543. The van der Waals surface area contributed by atoms with E-state index in [9.17, 15) is 10.1 Å². The fraction of sp³-hybridized carbons (Fsp3) is 0. The number of hydrogen-bond donors (Lipinski definition) is 0. The van der Waals surface area contributed by atoms with E-state index >= 15 is 0 Å². The monoisotopic (exact) mass is 202 g/mol. The number of hydrogen-bond acceptors (Lipinski definition) is 5. The molecule has 0 spiro atoms. The standard InChI is InChI=1S/C9H6N4O2/c14-13(15)8-3-1-2-7(6-8)9-10-4-5-11-12-9/h1-6H. The second kappa shape index (κ2) is 3.79. The van der Waals surface area contributed by atoms with E-state index in [0.717, 1.165) is 0 Å². The maximum Gasteiger partial charge on any atom is 0.270 e. The average molecular weight is 202 g/mol. The molecule has 1 heterocycles. The van der Waals surface area contributed by atoms with Crippen LogP contribution in [0, 0.1) is 10.1 Å². The number of nitrogens with zero attached hydrogens (tertiary/aromatic N) is 4. The van der Waals surface area contributed by atoms with Crippen molar-refractivity contribution in [3.05, 3.63) is 46.8 Å². The number of non-ortho nitro benzene ring substituents is 1. The summed E-state index contributed by atoms with van der Waals surface area (Å²) in [5, 5.41) is 18.0. The molecule has 0 saturated heterocycles. The molecule has 1 aromatic carbocycles. The predicted octanol–water partition coefficient (Wildman–Crippen LogP) is 1.45. The Morgan fingerprint density at radius 3 is 2.80 bits per heavy atom. The molecule has 0 aliphatic rings. The molecule has 2 rings (SSSR count). The van der Waals surface area contributed by atoms with Crippen LogP contribution < -0.4 is 0 Å². The molecule has 6 heteroatoms. The molecule has 0 radical (unpaired) electrons. The van der Waals surface area contributed by atoms with Crippen LogP contribution in [-0.4, -0.2) is 20.1 Å². The Bertz CT molecular complexity index is 486. The summed E-state index contributed by atoms with van der Waals surface area (Å²) in [4.78, 5) is 14.0. The zero-order chi connectivity index (χ0) is 10.7. The Morgan fingerprint density at radius 1 is 1.27 bits per heavy atom. The summed E-state index contributed by atoms with van der Waals surface area (Å²) in [5.74, 6) is 0.376. The number of nitro groups is 1. The van der Waals surface area contributed by atoms with Crippen molar-refractivity contribution in [3.8, 4) is 11.4 Å². The van der Waals surface area contributed by atoms with E-state index in [-0.39, 0.29) is 5.69 Å². The molecule has 0 N–H and O–H groups in total. The van der Waals surface area contributed by atoms with Crippen LogP contribution in [0.2, 0.25) is 0 Å². The fourth-order valence-corrected chi connectivity index (χ4v) is 1.14. The smallest absolute Gasteiger partial charge is 0.258 e. The van der Waals surface area contributed by atoms with E-state index in [1.165, 1.54) is 24.5 Å². The van der Waals surface area contributed by atoms with Crippen molar-refractivity contribution < 1.29 is 4.92 Å². The van der Waals surface area contributed by atoms with E-state index in [4.69, 9.17) is 0 Å². The topological polar surface area (TPSA) is 81.8 Å². The summed E-state index contributed by atoms with van der Waals surface area (Å²) < 4.78 is 0. The third kappa shape index (κ3) is 1.93. The Labute approximate surface area is 84.8 Å². The molecule has 1 aromatic heterocycles. The van der Waals surface area contributed by atoms with Crippen LogP contribution in [0.15, 0.2) is 36.7 Å². The molecule has 0 unspecified atom stereocenters. The van der Waals surface area contributed by atoms with Crippen molar-refractivity contribution in [1.82, 2.24) is 15.2 Å². The highest BCUT2D eigenvalue weighted by atomic mass is 16.6. The molecule has 0 bridgehead atoms. The molecule has 0 atom stereocenters. The summed E-state index contributed by atoms with van der Waals surface area (Å²) in [6.07, 6.45) is 2.93. The van der Waals surface area contributed by atoms with Crippen LogP contribution in [0.25, 0.3) is 11.4 Å². The third-order valence-electron chi connectivity index (χ3n) is 1.80. The lowest BCUT2D eigenvalue weighted by molar-refractivity contribution is -0.384. The minimum absolute atomic E-state index is 0.0138. The van der Waals surface area contributed by atoms with Crippen LogP contribution in [0.1, 0.15) is 0 Å². The van der Waals surface area contributed by atoms with Gasteiger partial charge in [0, 0.05) is 23.9 Å². The Hall–Kier alpha value is -2.37. The third-order valence-corrected chi connectivity index (χ3v) is 1.80. The van der Waals surface area contributed by atoms with E-state index in [1.807, 2.05) is 0 Å². The molecule has 0 amide bonds. The highest BCUT2D eigenvalue weighted by Crippen LogP contribution is 2.19. The normalized spacial score (nSPS) is 9.87. The van der Waals surface area contributed by atoms with E-state index < -0.39 is 4.92 Å². The van der Waals surface area contributed by atoms with Gasteiger partial charge in [0.15, 0.2) is 5.82 Å². The van der Waals surface area contributed by atoms with Gasteiger partial charge in [0.25, 0.3) is 5.69 Å². The molecule has 0 aliphatic heterocycles. The molecule has 6 nitrogen and oxygen atoms in total. The molecular weight excluding hydrogens is 196 g/mol. The first-order valence-corrected chi connectivity index (χ1v) is 4.16. The van der Waals surface area contributed by atoms with E-state index in [0.29, 0.717) is 11.4 Å². The Balaban J connectivity index is 2.46. The van der Waals surface area contributed by atoms with Gasteiger partial charge in [-0.05, 0) is 0 Å². The van der Waals surface area contributed by atoms with Gasteiger partial charge in [-0.2, -0.15) is 5.10 Å². The van der Waals surface area contributed by atoms with Crippen LogP contribution in [0.5, 0.6) is 0 Å². The van der Waals surface area contributed by atoms with Gasteiger partial charge >= 0.3 is 0 Å². The lowest BCUT2D eigenvalue weighted by Gasteiger charge is -1.97. The maximum absolute atomic E-state index is 10.5. The van der Waals surface area contributed by atoms with E-state index in [1.54, 1.807) is 12.1 Å². The summed E-state index contributed by atoms with van der Waals surface area (Å²) >= 11 is 0. The summed E-state index contributed by atoms with van der Waals surface area (Å²) in [5.41, 5.74) is 0.595. The van der Waals surface area contributed by atoms with Crippen molar-refractivity contribution in [2.24, 2.45) is 0 Å². The Morgan fingerprint density at radius 2 is 2.13 bits per heavy atom. The first-order chi connectivity index (χ1) is 7.27. The van der Waals surface area contributed by atoms with Gasteiger partial charge < -0.3 is 0 Å². The summed E-state index contributed by atoms with van der Waals surface area (Å²) in [7, 11) is 0. The molecule has 15 heavy (non-hydrogen) atoms. The van der Waals surface area contributed by atoms with Crippen LogP contribution >= 0.6 is 0 Å². The lowest BCUT2D eigenvalue weighted by atomic mass is 10.2.